The van der Waals surface area contributed by atoms with Crippen LogP contribution in [0, 0.1) is 5.41 Å². The highest BCUT2D eigenvalue weighted by atomic mass is 32.1. The van der Waals surface area contributed by atoms with Crippen molar-refractivity contribution in [3.63, 3.8) is 0 Å². The van der Waals surface area contributed by atoms with Gasteiger partial charge in [-0.05, 0) is 35.2 Å². The molecular weight excluding hydrogens is 234 g/mol. The van der Waals surface area contributed by atoms with E-state index in [0.29, 0.717) is 13.0 Å². The second-order valence-corrected chi connectivity index (χ2v) is 5.23. The normalized spacial score (nSPS) is 11.5. The van der Waals surface area contributed by atoms with Gasteiger partial charge in [-0.1, -0.05) is 13.8 Å². The van der Waals surface area contributed by atoms with Crippen molar-refractivity contribution in [3.8, 4) is 0 Å². The zero-order valence-electron chi connectivity index (χ0n) is 10.5. The van der Waals surface area contributed by atoms with E-state index >= 15 is 0 Å². The van der Waals surface area contributed by atoms with Gasteiger partial charge in [-0.15, -0.1) is 0 Å². The molecule has 3 nitrogen and oxygen atoms in total. The Kier molecular flexibility index (Phi) is 5.65. The van der Waals surface area contributed by atoms with E-state index in [0.717, 1.165) is 18.4 Å². The lowest BCUT2D eigenvalue weighted by Crippen LogP contribution is -2.39. The Labute approximate surface area is 107 Å². The molecule has 0 saturated heterocycles. The maximum atomic E-state index is 11.7. The zero-order chi connectivity index (χ0) is 12.7. The first-order valence-electron chi connectivity index (χ1n) is 6.04. The highest BCUT2D eigenvalue weighted by Gasteiger charge is 2.25. The number of rotatable bonds is 7. The van der Waals surface area contributed by atoms with Gasteiger partial charge in [0.1, 0.15) is 0 Å². The Hall–Kier alpha value is -0.870. The Bertz CT molecular complexity index is 323. The largest absolute Gasteiger partial charge is 0.396 e. The van der Waals surface area contributed by atoms with Crippen LogP contribution in [0.5, 0.6) is 0 Å². The first-order valence-corrected chi connectivity index (χ1v) is 6.98. The molecule has 0 bridgehead atoms. The van der Waals surface area contributed by atoms with Crippen molar-refractivity contribution in [3.05, 3.63) is 22.4 Å². The zero-order valence-corrected chi connectivity index (χ0v) is 11.3. The first kappa shape index (κ1) is 14.2. The molecule has 0 radical (unpaired) electrons. The van der Waals surface area contributed by atoms with Gasteiger partial charge in [0.25, 0.3) is 0 Å². The van der Waals surface area contributed by atoms with E-state index < -0.39 is 0 Å². The van der Waals surface area contributed by atoms with Gasteiger partial charge in [-0.2, -0.15) is 11.3 Å². The lowest BCUT2D eigenvalue weighted by Gasteiger charge is -2.29. The summed E-state index contributed by atoms with van der Waals surface area (Å²) in [5, 5.41) is 16.3. The van der Waals surface area contributed by atoms with E-state index in [2.05, 4.69) is 5.32 Å². The molecule has 0 saturated carbocycles. The fraction of sp³-hybridized carbons (Fsp3) is 0.615. The molecule has 96 valence electrons. The second-order valence-electron chi connectivity index (χ2n) is 4.45. The fourth-order valence-corrected chi connectivity index (χ4v) is 2.38. The minimum absolute atomic E-state index is 0.0307. The van der Waals surface area contributed by atoms with E-state index in [1.165, 1.54) is 0 Å². The van der Waals surface area contributed by atoms with Crippen molar-refractivity contribution in [2.45, 2.75) is 33.1 Å². The molecule has 1 heterocycles. The number of thiophene rings is 1. The Morgan fingerprint density at radius 1 is 1.47 bits per heavy atom. The van der Waals surface area contributed by atoms with Crippen LogP contribution in [0.4, 0.5) is 0 Å². The monoisotopic (exact) mass is 255 g/mol. The Balaban J connectivity index is 2.41. The maximum Gasteiger partial charge on any atom is 0.224 e. The van der Waals surface area contributed by atoms with Gasteiger partial charge >= 0.3 is 0 Å². The number of aliphatic hydroxyl groups excluding tert-OH is 1. The molecular formula is C13H21NO2S. The fourth-order valence-electron chi connectivity index (χ4n) is 1.71. The molecule has 0 unspecified atom stereocenters. The smallest absolute Gasteiger partial charge is 0.224 e. The molecule has 2 N–H and O–H groups in total. The molecule has 0 spiro atoms. The van der Waals surface area contributed by atoms with Crippen molar-refractivity contribution in [1.82, 2.24) is 5.32 Å². The van der Waals surface area contributed by atoms with E-state index in [-0.39, 0.29) is 17.9 Å². The number of amides is 1. The Morgan fingerprint density at radius 2 is 2.18 bits per heavy atom. The molecule has 0 fully saturated rings. The molecule has 0 aliphatic rings. The third-order valence-corrected chi connectivity index (χ3v) is 4.17. The molecule has 0 aromatic carbocycles. The summed E-state index contributed by atoms with van der Waals surface area (Å²) in [6, 6.07) is 1.96. The van der Waals surface area contributed by atoms with E-state index in [4.69, 9.17) is 0 Å². The highest BCUT2D eigenvalue weighted by molar-refractivity contribution is 7.07. The molecule has 1 amide bonds. The number of hydrogen-bond donors (Lipinski definition) is 2. The van der Waals surface area contributed by atoms with Crippen LogP contribution in [0.3, 0.4) is 0 Å². The van der Waals surface area contributed by atoms with E-state index in [1.54, 1.807) is 11.3 Å². The average molecular weight is 255 g/mol. The van der Waals surface area contributed by atoms with Crippen LogP contribution >= 0.6 is 11.3 Å². The number of nitrogens with one attached hydrogen (secondary N) is 1. The molecule has 0 aliphatic heterocycles. The topological polar surface area (TPSA) is 49.3 Å². The van der Waals surface area contributed by atoms with Crippen LogP contribution in [-0.4, -0.2) is 24.2 Å². The summed E-state index contributed by atoms with van der Waals surface area (Å²) in [4.78, 5) is 11.7. The van der Waals surface area contributed by atoms with E-state index in [1.807, 2.05) is 30.7 Å². The number of carbonyl (C=O) groups is 1. The summed E-state index contributed by atoms with van der Waals surface area (Å²) < 4.78 is 0. The molecule has 0 atom stereocenters. The number of hydrogen-bond acceptors (Lipinski definition) is 3. The summed E-state index contributed by atoms with van der Waals surface area (Å²) in [5.74, 6) is 0.0307. The number of carbonyl (C=O) groups excluding carboxylic acids is 1. The molecule has 1 aromatic heterocycles. The molecule has 17 heavy (non-hydrogen) atoms. The quantitative estimate of drug-likeness (QED) is 0.785. The van der Waals surface area contributed by atoms with Gasteiger partial charge in [0.05, 0.1) is 13.0 Å². The van der Waals surface area contributed by atoms with Crippen LogP contribution < -0.4 is 5.32 Å². The lowest BCUT2D eigenvalue weighted by molar-refractivity contribution is -0.121. The Morgan fingerprint density at radius 3 is 2.65 bits per heavy atom. The van der Waals surface area contributed by atoms with E-state index in [9.17, 15) is 9.90 Å². The van der Waals surface area contributed by atoms with Gasteiger partial charge in [0.2, 0.25) is 5.91 Å². The van der Waals surface area contributed by atoms with Crippen LogP contribution in [-0.2, 0) is 11.2 Å². The van der Waals surface area contributed by atoms with Crippen molar-refractivity contribution in [2.24, 2.45) is 5.41 Å². The van der Waals surface area contributed by atoms with Crippen molar-refractivity contribution in [1.29, 1.82) is 0 Å². The minimum atomic E-state index is -0.162. The summed E-state index contributed by atoms with van der Waals surface area (Å²) in [7, 11) is 0. The maximum absolute atomic E-state index is 11.7. The van der Waals surface area contributed by atoms with Crippen LogP contribution in [0.15, 0.2) is 16.8 Å². The van der Waals surface area contributed by atoms with Crippen LogP contribution in [0.25, 0.3) is 0 Å². The van der Waals surface area contributed by atoms with Gasteiger partial charge in [-0.3, -0.25) is 4.79 Å². The summed E-state index contributed by atoms with van der Waals surface area (Å²) in [6.45, 7) is 4.77. The van der Waals surface area contributed by atoms with Crippen LogP contribution in [0.2, 0.25) is 0 Å². The van der Waals surface area contributed by atoms with Gasteiger partial charge in [-0.25, -0.2) is 0 Å². The van der Waals surface area contributed by atoms with Gasteiger partial charge in [0.15, 0.2) is 0 Å². The minimum Gasteiger partial charge on any atom is -0.396 e. The third-order valence-electron chi connectivity index (χ3n) is 3.44. The SMILES string of the molecule is CCC(CC)(CO)CNC(=O)Cc1ccsc1. The predicted octanol–water partition coefficient (Wildman–Crippen LogP) is 2.21. The summed E-state index contributed by atoms with van der Waals surface area (Å²) in [5.41, 5.74) is 0.889. The van der Waals surface area contributed by atoms with Gasteiger partial charge in [0, 0.05) is 12.0 Å². The first-order chi connectivity index (χ1) is 8.15. The predicted molar refractivity (Wildman–Crippen MR) is 71.1 cm³/mol. The molecule has 1 rings (SSSR count). The van der Waals surface area contributed by atoms with Crippen molar-refractivity contribution < 1.29 is 9.90 Å². The molecule has 1 aromatic rings. The van der Waals surface area contributed by atoms with Crippen LogP contribution in [0.1, 0.15) is 32.3 Å². The third kappa shape index (κ3) is 4.13. The second kappa shape index (κ2) is 6.77. The summed E-state index contributed by atoms with van der Waals surface area (Å²) in [6.07, 6.45) is 2.18. The average Bonchev–Trinajstić information content (AvgIpc) is 2.84. The van der Waals surface area contributed by atoms with Crippen molar-refractivity contribution in [2.75, 3.05) is 13.2 Å². The summed E-state index contributed by atoms with van der Waals surface area (Å²) >= 11 is 1.60. The van der Waals surface area contributed by atoms with Crippen molar-refractivity contribution >= 4 is 17.2 Å². The lowest BCUT2D eigenvalue weighted by atomic mass is 9.83. The molecule has 0 aliphatic carbocycles. The molecule has 4 heteroatoms. The highest BCUT2D eigenvalue weighted by Crippen LogP contribution is 2.24. The standard InChI is InChI=1S/C13H21NO2S/c1-3-13(4-2,10-15)9-14-12(16)7-11-5-6-17-8-11/h5-6,8,15H,3-4,7,9-10H2,1-2H3,(H,14,16). The number of aliphatic hydroxyl groups is 1. The van der Waals surface area contributed by atoms with Gasteiger partial charge < -0.3 is 10.4 Å².